The molecule has 0 amide bonds. The molecule has 0 radical (unpaired) electrons. The number of halogens is 4. The van der Waals surface area contributed by atoms with Crippen molar-refractivity contribution < 1.29 is 30.7 Å². The van der Waals surface area contributed by atoms with E-state index in [1.165, 1.54) is 36.7 Å². The molecular formula is C25H18F4N4O3S. The molecule has 1 aliphatic heterocycles. The van der Waals surface area contributed by atoms with Gasteiger partial charge in [-0.3, -0.25) is 4.98 Å². The number of fused-ring (bicyclic) bond motifs is 1. The van der Waals surface area contributed by atoms with Gasteiger partial charge in [-0.1, -0.05) is 12.1 Å². The fourth-order valence-electron chi connectivity index (χ4n) is 4.18. The van der Waals surface area contributed by atoms with Gasteiger partial charge < -0.3 is 4.74 Å². The fraction of sp³-hybridized carbons (Fsp3) is 0.160. The first-order chi connectivity index (χ1) is 17.6. The SMILES string of the molecule is O=S(=O)(Nc1ncccn1)c1ccc2c(c1)OCC[C@@H]2c1ccc(C(F)(F)F)cc1-c1ccc(F)cn1. The molecule has 12 heteroatoms. The minimum Gasteiger partial charge on any atom is -0.493 e. The van der Waals surface area contributed by atoms with Crippen LogP contribution in [0.2, 0.25) is 0 Å². The first-order valence-electron chi connectivity index (χ1n) is 11.0. The van der Waals surface area contributed by atoms with Gasteiger partial charge in [0.15, 0.2) is 0 Å². The van der Waals surface area contributed by atoms with E-state index in [4.69, 9.17) is 4.74 Å². The van der Waals surface area contributed by atoms with Crippen LogP contribution in [-0.4, -0.2) is 30.0 Å². The van der Waals surface area contributed by atoms with Crippen LogP contribution in [0.1, 0.15) is 29.0 Å². The Kier molecular flexibility index (Phi) is 6.28. The molecule has 0 unspecified atom stereocenters. The van der Waals surface area contributed by atoms with Crippen molar-refractivity contribution in [3.63, 3.8) is 0 Å². The van der Waals surface area contributed by atoms with Crippen molar-refractivity contribution in [2.75, 3.05) is 11.3 Å². The van der Waals surface area contributed by atoms with E-state index in [0.29, 0.717) is 17.5 Å². The van der Waals surface area contributed by atoms with Crippen molar-refractivity contribution >= 4 is 16.0 Å². The van der Waals surface area contributed by atoms with Crippen molar-refractivity contribution in [2.24, 2.45) is 0 Å². The molecule has 3 heterocycles. The monoisotopic (exact) mass is 530 g/mol. The summed E-state index contributed by atoms with van der Waals surface area (Å²) in [5.74, 6) is -0.849. The highest BCUT2D eigenvalue weighted by atomic mass is 32.2. The summed E-state index contributed by atoms with van der Waals surface area (Å²) in [7, 11) is -4.03. The van der Waals surface area contributed by atoms with Gasteiger partial charge in [0.05, 0.1) is 29.0 Å². The highest BCUT2D eigenvalue weighted by Crippen LogP contribution is 2.44. The Morgan fingerprint density at radius 3 is 2.41 bits per heavy atom. The number of pyridine rings is 1. The summed E-state index contributed by atoms with van der Waals surface area (Å²) >= 11 is 0. The van der Waals surface area contributed by atoms with Gasteiger partial charge in [-0.15, -0.1) is 0 Å². The highest BCUT2D eigenvalue weighted by molar-refractivity contribution is 7.92. The number of nitrogens with zero attached hydrogens (tertiary/aromatic N) is 3. The maximum absolute atomic E-state index is 13.5. The largest absolute Gasteiger partial charge is 0.493 e. The lowest BCUT2D eigenvalue weighted by Gasteiger charge is -2.28. The normalized spacial score (nSPS) is 15.5. The molecule has 0 saturated carbocycles. The second-order valence-electron chi connectivity index (χ2n) is 8.23. The zero-order valence-corrected chi connectivity index (χ0v) is 19.7. The smallest absolute Gasteiger partial charge is 0.416 e. The molecule has 190 valence electrons. The number of sulfonamides is 1. The van der Waals surface area contributed by atoms with Crippen molar-refractivity contribution in [3.8, 4) is 17.0 Å². The third-order valence-corrected chi connectivity index (χ3v) is 7.21. The van der Waals surface area contributed by atoms with E-state index in [9.17, 15) is 26.0 Å². The Labute approximate surface area is 209 Å². The number of anilines is 1. The molecule has 0 aliphatic carbocycles. The van der Waals surface area contributed by atoms with Crippen LogP contribution in [0.4, 0.5) is 23.5 Å². The predicted octanol–water partition coefficient (Wildman–Crippen LogP) is 5.41. The Bertz CT molecular complexity index is 1550. The van der Waals surface area contributed by atoms with Gasteiger partial charge in [0.2, 0.25) is 5.95 Å². The number of alkyl halides is 3. The van der Waals surface area contributed by atoms with E-state index in [2.05, 4.69) is 19.7 Å². The molecular weight excluding hydrogens is 512 g/mol. The summed E-state index contributed by atoms with van der Waals surface area (Å²) in [5.41, 5.74) is 0.654. The third-order valence-electron chi connectivity index (χ3n) is 5.89. The molecule has 0 bridgehead atoms. The first-order valence-corrected chi connectivity index (χ1v) is 12.5. The average molecular weight is 531 g/mol. The molecule has 4 aromatic rings. The Hall–Kier alpha value is -4.06. The number of hydrogen-bond donors (Lipinski definition) is 1. The van der Waals surface area contributed by atoms with E-state index in [0.717, 1.165) is 24.4 Å². The average Bonchev–Trinajstić information content (AvgIpc) is 2.88. The molecule has 2 aromatic carbocycles. The van der Waals surface area contributed by atoms with Gasteiger partial charge in [0, 0.05) is 35.5 Å². The Balaban J connectivity index is 1.56. The second-order valence-corrected chi connectivity index (χ2v) is 9.91. The van der Waals surface area contributed by atoms with Crippen LogP contribution in [0.15, 0.2) is 78.1 Å². The summed E-state index contributed by atoms with van der Waals surface area (Å²) in [6, 6.07) is 11.7. The topological polar surface area (TPSA) is 94.1 Å². The van der Waals surface area contributed by atoms with Crippen molar-refractivity contribution in [3.05, 3.63) is 95.7 Å². The number of nitrogens with one attached hydrogen (secondary N) is 1. The zero-order chi connectivity index (χ0) is 26.2. The quantitative estimate of drug-likeness (QED) is 0.347. The molecule has 2 aromatic heterocycles. The first kappa shape index (κ1) is 24.6. The molecule has 37 heavy (non-hydrogen) atoms. The van der Waals surface area contributed by atoms with Gasteiger partial charge in [-0.25, -0.2) is 27.5 Å². The molecule has 5 rings (SSSR count). The lowest BCUT2D eigenvalue weighted by Crippen LogP contribution is -2.19. The van der Waals surface area contributed by atoms with Crippen molar-refractivity contribution in [1.82, 2.24) is 15.0 Å². The lowest BCUT2D eigenvalue weighted by molar-refractivity contribution is -0.137. The van der Waals surface area contributed by atoms with Crippen LogP contribution in [0, 0.1) is 5.82 Å². The van der Waals surface area contributed by atoms with Crippen LogP contribution in [0.5, 0.6) is 5.75 Å². The summed E-state index contributed by atoms with van der Waals surface area (Å²) < 4.78 is 87.7. The molecule has 0 fully saturated rings. The van der Waals surface area contributed by atoms with Gasteiger partial charge in [0.25, 0.3) is 10.0 Å². The molecule has 7 nitrogen and oxygen atoms in total. The fourth-order valence-corrected chi connectivity index (χ4v) is 5.16. The number of rotatable bonds is 5. The highest BCUT2D eigenvalue weighted by Gasteiger charge is 2.33. The van der Waals surface area contributed by atoms with Crippen LogP contribution < -0.4 is 9.46 Å². The number of benzene rings is 2. The van der Waals surface area contributed by atoms with Crippen LogP contribution >= 0.6 is 0 Å². The zero-order valence-electron chi connectivity index (χ0n) is 18.9. The molecule has 1 atom stereocenters. The second kappa shape index (κ2) is 9.43. The summed E-state index contributed by atoms with van der Waals surface area (Å²) in [6.45, 7) is 0.202. The van der Waals surface area contributed by atoms with Crippen LogP contribution in [0.3, 0.4) is 0 Å². The van der Waals surface area contributed by atoms with E-state index < -0.39 is 33.5 Å². The summed E-state index contributed by atoms with van der Waals surface area (Å²) in [4.78, 5) is 11.6. The number of hydrogen-bond acceptors (Lipinski definition) is 6. The van der Waals surface area contributed by atoms with Gasteiger partial charge in [0.1, 0.15) is 11.6 Å². The maximum atomic E-state index is 13.5. The summed E-state index contributed by atoms with van der Waals surface area (Å²) in [6.07, 6.45) is -0.432. The van der Waals surface area contributed by atoms with Crippen molar-refractivity contribution in [2.45, 2.75) is 23.4 Å². The van der Waals surface area contributed by atoms with Gasteiger partial charge in [-0.2, -0.15) is 13.2 Å². The van der Waals surface area contributed by atoms with E-state index in [-0.39, 0.29) is 34.5 Å². The molecule has 1 N–H and O–H groups in total. The van der Waals surface area contributed by atoms with E-state index >= 15 is 0 Å². The molecule has 0 spiro atoms. The predicted molar refractivity (Wildman–Crippen MR) is 126 cm³/mol. The molecule has 1 aliphatic rings. The van der Waals surface area contributed by atoms with Crippen LogP contribution in [-0.2, 0) is 16.2 Å². The maximum Gasteiger partial charge on any atom is 0.416 e. The van der Waals surface area contributed by atoms with Crippen molar-refractivity contribution in [1.29, 1.82) is 0 Å². The minimum atomic E-state index is -4.58. The number of ether oxygens (including phenoxy) is 1. The third kappa shape index (κ3) is 5.10. The summed E-state index contributed by atoms with van der Waals surface area (Å²) in [5, 5.41) is 0. The van der Waals surface area contributed by atoms with Gasteiger partial charge in [-0.05, 0) is 48.4 Å². The number of aromatic nitrogens is 3. The minimum absolute atomic E-state index is 0.0906. The standard InChI is InChI=1S/C25H18F4N4O3S/c26-16-3-7-22(32-14-16)21-12-15(25(27,28)29)2-5-18(21)19-8-11-36-23-13-17(4-6-20(19)23)37(34,35)33-24-30-9-1-10-31-24/h1-7,9-10,12-14,19H,8,11H2,(H,30,31,33)/t19-/m1/s1. The lowest BCUT2D eigenvalue weighted by atomic mass is 9.83. The Morgan fingerprint density at radius 1 is 0.946 bits per heavy atom. The molecule has 0 saturated heterocycles. The van der Waals surface area contributed by atoms with E-state index in [1.807, 2.05) is 0 Å². The van der Waals surface area contributed by atoms with Gasteiger partial charge >= 0.3 is 6.18 Å². The van der Waals surface area contributed by atoms with Crippen LogP contribution in [0.25, 0.3) is 11.3 Å². The van der Waals surface area contributed by atoms with E-state index in [1.54, 1.807) is 12.1 Å². The Morgan fingerprint density at radius 2 is 1.70 bits per heavy atom.